The first-order valence-electron chi connectivity index (χ1n) is 7.35. The molecule has 0 aliphatic rings. The highest BCUT2D eigenvalue weighted by molar-refractivity contribution is 4.79. The molecule has 0 aliphatic carbocycles. The van der Waals surface area contributed by atoms with Gasteiger partial charge in [0.05, 0.1) is 38.1 Å². The molecular formula is C15H32O6. The molecule has 0 rings (SSSR count). The maximum Gasteiger partial charge on any atom is 0.103 e. The van der Waals surface area contributed by atoms with Crippen molar-refractivity contribution in [1.29, 1.82) is 0 Å². The molecule has 0 fully saturated rings. The molecule has 0 aromatic rings. The number of ether oxygens (including phenoxy) is 2. The van der Waals surface area contributed by atoms with Gasteiger partial charge in [-0.2, -0.15) is 0 Å². The highest BCUT2D eigenvalue weighted by atomic mass is 16.5. The summed E-state index contributed by atoms with van der Waals surface area (Å²) < 4.78 is 10.6. The van der Waals surface area contributed by atoms with Crippen LogP contribution in [0.3, 0.4) is 0 Å². The second-order valence-electron chi connectivity index (χ2n) is 7.19. The molecule has 0 aromatic heterocycles. The van der Waals surface area contributed by atoms with Crippen molar-refractivity contribution in [2.75, 3.05) is 26.4 Å². The second-order valence-corrected chi connectivity index (χ2v) is 7.19. The van der Waals surface area contributed by atoms with E-state index < -0.39 is 23.9 Å². The van der Waals surface area contributed by atoms with E-state index in [2.05, 4.69) is 0 Å². The molecule has 0 saturated heterocycles. The highest BCUT2D eigenvalue weighted by Gasteiger charge is 2.28. The zero-order valence-electron chi connectivity index (χ0n) is 13.9. The van der Waals surface area contributed by atoms with Crippen LogP contribution < -0.4 is 0 Å². The Morgan fingerprint density at radius 3 is 2.10 bits per heavy atom. The fourth-order valence-electron chi connectivity index (χ4n) is 2.16. The van der Waals surface area contributed by atoms with E-state index in [-0.39, 0.29) is 31.8 Å². The summed E-state index contributed by atoms with van der Waals surface area (Å²) in [7, 11) is 0. The lowest BCUT2D eigenvalue weighted by Gasteiger charge is -2.31. The van der Waals surface area contributed by atoms with Gasteiger partial charge in [-0.25, -0.2) is 0 Å². The van der Waals surface area contributed by atoms with Crippen LogP contribution in [-0.4, -0.2) is 70.8 Å². The average Bonchev–Trinajstić information content (AvgIpc) is 2.31. The van der Waals surface area contributed by atoms with Gasteiger partial charge in [-0.05, 0) is 25.7 Å². The Morgan fingerprint density at radius 1 is 1.05 bits per heavy atom. The van der Waals surface area contributed by atoms with Gasteiger partial charge in [-0.3, -0.25) is 0 Å². The summed E-state index contributed by atoms with van der Waals surface area (Å²) in [6.45, 7) is 9.24. The SMILES string of the molecule is CC(OC[C@@H](O)CO)C(O)COCC(C)(O)CC(C)(C)C. The third kappa shape index (κ3) is 11.0. The molecule has 128 valence electrons. The fraction of sp³-hybridized carbons (Fsp3) is 1.00. The highest BCUT2D eigenvalue weighted by Crippen LogP contribution is 2.27. The van der Waals surface area contributed by atoms with E-state index in [0.717, 1.165) is 0 Å². The molecule has 6 nitrogen and oxygen atoms in total. The lowest BCUT2D eigenvalue weighted by atomic mass is 9.83. The van der Waals surface area contributed by atoms with E-state index in [4.69, 9.17) is 19.7 Å². The molecule has 0 saturated carbocycles. The predicted octanol–water partition coefficient (Wildman–Crippen LogP) is 0.309. The number of hydrogen-bond donors (Lipinski definition) is 4. The molecule has 21 heavy (non-hydrogen) atoms. The molecule has 0 aromatic carbocycles. The van der Waals surface area contributed by atoms with Crippen molar-refractivity contribution < 1.29 is 29.9 Å². The van der Waals surface area contributed by atoms with Crippen LogP contribution >= 0.6 is 0 Å². The summed E-state index contributed by atoms with van der Waals surface area (Å²) in [5.74, 6) is 0. The average molecular weight is 308 g/mol. The Labute approximate surface area is 127 Å². The molecule has 3 unspecified atom stereocenters. The van der Waals surface area contributed by atoms with E-state index >= 15 is 0 Å². The number of aliphatic hydroxyl groups excluding tert-OH is 3. The van der Waals surface area contributed by atoms with Gasteiger partial charge in [0.15, 0.2) is 0 Å². The maximum absolute atomic E-state index is 10.2. The Kier molecular flexibility index (Phi) is 8.92. The van der Waals surface area contributed by atoms with Crippen molar-refractivity contribution in [2.24, 2.45) is 5.41 Å². The summed E-state index contributed by atoms with van der Waals surface area (Å²) in [6.07, 6.45) is -1.75. The first-order chi connectivity index (χ1) is 9.47. The van der Waals surface area contributed by atoms with E-state index in [0.29, 0.717) is 6.42 Å². The van der Waals surface area contributed by atoms with Crippen LogP contribution in [0, 0.1) is 5.41 Å². The summed E-state index contributed by atoms with van der Waals surface area (Å²) in [4.78, 5) is 0. The summed E-state index contributed by atoms with van der Waals surface area (Å²) in [5.41, 5.74) is -0.961. The lowest BCUT2D eigenvalue weighted by Crippen LogP contribution is -2.38. The number of rotatable bonds is 10. The van der Waals surface area contributed by atoms with Gasteiger partial charge in [-0.1, -0.05) is 20.8 Å². The molecule has 6 heteroatoms. The van der Waals surface area contributed by atoms with Crippen LogP contribution in [0.5, 0.6) is 0 Å². The van der Waals surface area contributed by atoms with Gasteiger partial charge in [0.25, 0.3) is 0 Å². The molecule has 0 radical (unpaired) electrons. The van der Waals surface area contributed by atoms with E-state index in [9.17, 15) is 10.2 Å². The van der Waals surface area contributed by atoms with Gasteiger partial charge < -0.3 is 29.9 Å². The first kappa shape index (κ1) is 20.8. The predicted molar refractivity (Wildman–Crippen MR) is 80.0 cm³/mol. The Bertz CT molecular complexity index is 274. The topological polar surface area (TPSA) is 99.4 Å². The molecule has 0 spiro atoms. The van der Waals surface area contributed by atoms with Gasteiger partial charge in [-0.15, -0.1) is 0 Å². The minimum Gasteiger partial charge on any atom is -0.394 e. The second kappa shape index (κ2) is 9.02. The zero-order valence-corrected chi connectivity index (χ0v) is 13.9. The molecule has 0 aliphatic heterocycles. The summed E-state index contributed by atoms with van der Waals surface area (Å²) in [5, 5.41) is 37.9. The zero-order chi connectivity index (χ0) is 16.7. The molecule has 0 amide bonds. The van der Waals surface area contributed by atoms with Crippen LogP contribution in [0.1, 0.15) is 41.0 Å². The minimum absolute atomic E-state index is 0.0116. The third-order valence-electron chi connectivity index (χ3n) is 2.92. The lowest BCUT2D eigenvalue weighted by molar-refractivity contribution is -0.110. The van der Waals surface area contributed by atoms with Gasteiger partial charge >= 0.3 is 0 Å². The quantitative estimate of drug-likeness (QED) is 0.463. The van der Waals surface area contributed by atoms with Gasteiger partial charge in [0.2, 0.25) is 0 Å². The van der Waals surface area contributed by atoms with Crippen LogP contribution in [0.25, 0.3) is 0 Å². The van der Waals surface area contributed by atoms with Gasteiger partial charge in [0.1, 0.15) is 12.2 Å². The van der Waals surface area contributed by atoms with Crippen LogP contribution in [0.4, 0.5) is 0 Å². The summed E-state index contributed by atoms with van der Waals surface area (Å²) in [6, 6.07) is 0. The fourth-order valence-corrected chi connectivity index (χ4v) is 2.16. The van der Waals surface area contributed by atoms with E-state index in [1.165, 1.54) is 0 Å². The van der Waals surface area contributed by atoms with Crippen molar-refractivity contribution in [3.8, 4) is 0 Å². The van der Waals surface area contributed by atoms with E-state index in [1.807, 2.05) is 20.8 Å². The van der Waals surface area contributed by atoms with Crippen molar-refractivity contribution >= 4 is 0 Å². The molecule has 0 heterocycles. The van der Waals surface area contributed by atoms with Crippen molar-refractivity contribution in [1.82, 2.24) is 0 Å². The van der Waals surface area contributed by atoms with Crippen LogP contribution in [-0.2, 0) is 9.47 Å². The molecule has 4 N–H and O–H groups in total. The minimum atomic E-state index is -0.951. The van der Waals surface area contributed by atoms with E-state index in [1.54, 1.807) is 13.8 Å². The Morgan fingerprint density at radius 2 is 1.62 bits per heavy atom. The van der Waals surface area contributed by atoms with Crippen molar-refractivity contribution in [3.05, 3.63) is 0 Å². The maximum atomic E-state index is 10.2. The molecule has 4 atom stereocenters. The smallest absolute Gasteiger partial charge is 0.103 e. The molecule has 0 bridgehead atoms. The number of hydrogen-bond acceptors (Lipinski definition) is 6. The van der Waals surface area contributed by atoms with Crippen LogP contribution in [0.15, 0.2) is 0 Å². The third-order valence-corrected chi connectivity index (χ3v) is 2.92. The largest absolute Gasteiger partial charge is 0.394 e. The molecular weight excluding hydrogens is 276 g/mol. The standard InChI is InChI=1S/C15H32O6/c1-11(21-7-12(17)6-16)13(18)8-20-10-15(5,19)9-14(2,3)4/h11-13,16-19H,6-10H2,1-5H3/t11?,12-,13?,15?/m0/s1. The summed E-state index contributed by atoms with van der Waals surface area (Å²) >= 11 is 0. The normalized spacial score (nSPS) is 19.9. The van der Waals surface area contributed by atoms with Crippen LogP contribution in [0.2, 0.25) is 0 Å². The number of aliphatic hydroxyl groups is 4. The van der Waals surface area contributed by atoms with Crippen molar-refractivity contribution in [3.63, 3.8) is 0 Å². The van der Waals surface area contributed by atoms with Gasteiger partial charge in [0, 0.05) is 0 Å². The van der Waals surface area contributed by atoms with Crippen molar-refractivity contribution in [2.45, 2.75) is 65.0 Å². The Balaban J connectivity index is 3.99. The first-order valence-corrected chi connectivity index (χ1v) is 7.35. The monoisotopic (exact) mass is 308 g/mol. The Hall–Kier alpha value is -0.240.